The Morgan fingerprint density at radius 1 is 1.20 bits per heavy atom. The average molecular weight is 295 g/mol. The zero-order chi connectivity index (χ0) is 14.7. The molecular formula is C14H9ClF2N2O. The number of rotatable bonds is 3. The molecule has 2 aromatic rings. The molecule has 0 radical (unpaired) electrons. The highest BCUT2D eigenvalue weighted by molar-refractivity contribution is 6.32. The lowest BCUT2D eigenvalue weighted by atomic mass is 10.2. The zero-order valence-electron chi connectivity index (χ0n) is 10.1. The maximum atomic E-state index is 13.2. The summed E-state index contributed by atoms with van der Waals surface area (Å²) < 4.78 is 26.3. The molecule has 3 nitrogen and oxygen atoms in total. The maximum Gasteiger partial charge on any atom is 0.187 e. The van der Waals surface area contributed by atoms with Gasteiger partial charge in [-0.2, -0.15) is 5.26 Å². The van der Waals surface area contributed by atoms with E-state index < -0.39 is 17.4 Å². The van der Waals surface area contributed by atoms with Gasteiger partial charge in [-0.3, -0.25) is 0 Å². The van der Waals surface area contributed by atoms with Gasteiger partial charge in [-0.25, -0.2) is 8.78 Å². The summed E-state index contributed by atoms with van der Waals surface area (Å²) >= 11 is 5.87. The molecule has 102 valence electrons. The molecule has 2 rings (SSSR count). The SMILES string of the molecule is N#Cc1ccc(NCc2cc(F)c(O)c(F)c2)cc1Cl. The van der Waals surface area contributed by atoms with Crippen molar-refractivity contribution in [3.05, 3.63) is 58.1 Å². The molecule has 0 bridgehead atoms. The lowest BCUT2D eigenvalue weighted by Gasteiger charge is -2.08. The van der Waals surface area contributed by atoms with Crippen molar-refractivity contribution in [2.75, 3.05) is 5.32 Å². The Morgan fingerprint density at radius 2 is 1.85 bits per heavy atom. The zero-order valence-corrected chi connectivity index (χ0v) is 10.9. The quantitative estimate of drug-likeness (QED) is 0.905. The standard InChI is InChI=1S/C14H9ClF2N2O/c15-11-5-10(2-1-9(11)6-18)19-7-8-3-12(16)14(20)13(17)4-8/h1-5,19-20H,7H2. The summed E-state index contributed by atoms with van der Waals surface area (Å²) in [5.41, 5.74) is 1.29. The molecule has 0 unspecified atom stereocenters. The molecule has 0 aliphatic carbocycles. The topological polar surface area (TPSA) is 56.0 Å². The van der Waals surface area contributed by atoms with E-state index in [1.54, 1.807) is 18.2 Å². The second-order valence-electron chi connectivity index (χ2n) is 4.07. The molecule has 0 heterocycles. The van der Waals surface area contributed by atoms with Crippen molar-refractivity contribution < 1.29 is 13.9 Å². The van der Waals surface area contributed by atoms with Gasteiger partial charge in [-0.1, -0.05) is 11.6 Å². The highest BCUT2D eigenvalue weighted by Gasteiger charge is 2.09. The number of hydrogen-bond acceptors (Lipinski definition) is 3. The van der Waals surface area contributed by atoms with Crippen molar-refractivity contribution >= 4 is 17.3 Å². The molecule has 0 aliphatic heterocycles. The Kier molecular flexibility index (Phi) is 4.06. The van der Waals surface area contributed by atoms with Crippen molar-refractivity contribution in [1.29, 1.82) is 5.26 Å². The first kappa shape index (κ1) is 14.1. The lowest BCUT2D eigenvalue weighted by molar-refractivity contribution is 0.395. The number of hydrogen-bond donors (Lipinski definition) is 2. The number of nitrogens with zero attached hydrogens (tertiary/aromatic N) is 1. The van der Waals surface area contributed by atoms with Gasteiger partial charge < -0.3 is 10.4 Å². The molecule has 2 N–H and O–H groups in total. The highest BCUT2D eigenvalue weighted by atomic mass is 35.5. The molecule has 0 aromatic heterocycles. The number of anilines is 1. The Bertz CT molecular complexity index is 675. The number of phenolic OH excluding ortho intramolecular Hbond substituents is 1. The predicted molar refractivity (Wildman–Crippen MR) is 71.5 cm³/mol. The largest absolute Gasteiger partial charge is 0.503 e. The van der Waals surface area contributed by atoms with E-state index in [0.29, 0.717) is 21.8 Å². The molecule has 0 amide bonds. The van der Waals surface area contributed by atoms with Crippen LogP contribution in [0.1, 0.15) is 11.1 Å². The third-order valence-corrected chi connectivity index (χ3v) is 2.98. The van der Waals surface area contributed by atoms with Gasteiger partial charge in [-0.05, 0) is 35.9 Å². The first-order valence-corrected chi connectivity index (χ1v) is 5.99. The number of benzene rings is 2. The minimum absolute atomic E-state index is 0.149. The van der Waals surface area contributed by atoms with Crippen LogP contribution in [0.25, 0.3) is 0 Å². The Hall–Kier alpha value is -2.32. The predicted octanol–water partition coefficient (Wildman–Crippen LogP) is 3.81. The fourth-order valence-electron chi connectivity index (χ4n) is 1.64. The van der Waals surface area contributed by atoms with Crippen LogP contribution in [0.15, 0.2) is 30.3 Å². The van der Waals surface area contributed by atoms with E-state index in [4.69, 9.17) is 22.0 Å². The highest BCUT2D eigenvalue weighted by Crippen LogP contribution is 2.23. The normalized spacial score (nSPS) is 10.1. The van der Waals surface area contributed by atoms with E-state index in [0.717, 1.165) is 12.1 Å². The van der Waals surface area contributed by atoms with Crippen LogP contribution in [-0.4, -0.2) is 5.11 Å². The van der Waals surface area contributed by atoms with Gasteiger partial charge in [-0.15, -0.1) is 0 Å². The summed E-state index contributed by atoms with van der Waals surface area (Å²) in [4.78, 5) is 0. The molecule has 2 aromatic carbocycles. The average Bonchev–Trinajstić information content (AvgIpc) is 2.42. The molecular weight excluding hydrogens is 286 g/mol. The van der Waals surface area contributed by atoms with Crippen LogP contribution >= 0.6 is 11.6 Å². The van der Waals surface area contributed by atoms with Crippen LogP contribution in [0.2, 0.25) is 5.02 Å². The second kappa shape index (κ2) is 5.76. The summed E-state index contributed by atoms with van der Waals surface area (Å²) in [7, 11) is 0. The summed E-state index contributed by atoms with van der Waals surface area (Å²) in [5, 5.41) is 20.9. The van der Waals surface area contributed by atoms with Crippen LogP contribution < -0.4 is 5.32 Å². The van der Waals surface area contributed by atoms with Gasteiger partial charge in [0, 0.05) is 12.2 Å². The van der Waals surface area contributed by atoms with Gasteiger partial charge in [0.05, 0.1) is 10.6 Å². The minimum Gasteiger partial charge on any atom is -0.503 e. The number of aromatic hydroxyl groups is 1. The van der Waals surface area contributed by atoms with Crippen molar-refractivity contribution in [2.45, 2.75) is 6.54 Å². The van der Waals surface area contributed by atoms with Gasteiger partial charge in [0.1, 0.15) is 6.07 Å². The molecule has 20 heavy (non-hydrogen) atoms. The van der Waals surface area contributed by atoms with Gasteiger partial charge in [0.25, 0.3) is 0 Å². The Labute approximate surface area is 119 Å². The molecule has 6 heteroatoms. The van der Waals surface area contributed by atoms with Crippen molar-refractivity contribution in [3.63, 3.8) is 0 Å². The Morgan fingerprint density at radius 3 is 2.40 bits per heavy atom. The second-order valence-corrected chi connectivity index (χ2v) is 4.48. The molecule has 0 aliphatic rings. The lowest BCUT2D eigenvalue weighted by Crippen LogP contribution is -2.01. The van der Waals surface area contributed by atoms with Gasteiger partial charge in [0.15, 0.2) is 17.4 Å². The summed E-state index contributed by atoms with van der Waals surface area (Å²) in [6.45, 7) is 0.149. The van der Waals surface area contributed by atoms with Crippen LogP contribution in [0.5, 0.6) is 5.75 Å². The van der Waals surface area contributed by atoms with E-state index >= 15 is 0 Å². The maximum absolute atomic E-state index is 13.2. The van der Waals surface area contributed by atoms with Crippen molar-refractivity contribution in [2.24, 2.45) is 0 Å². The fraction of sp³-hybridized carbons (Fsp3) is 0.0714. The van der Waals surface area contributed by atoms with E-state index in [-0.39, 0.29) is 6.54 Å². The van der Waals surface area contributed by atoms with Crippen molar-refractivity contribution in [1.82, 2.24) is 0 Å². The van der Waals surface area contributed by atoms with Crippen molar-refractivity contribution in [3.8, 4) is 11.8 Å². The first-order valence-electron chi connectivity index (χ1n) is 5.61. The van der Waals surface area contributed by atoms with E-state index in [9.17, 15) is 8.78 Å². The molecule has 0 atom stereocenters. The van der Waals surface area contributed by atoms with Crippen LogP contribution in [-0.2, 0) is 6.54 Å². The number of nitriles is 1. The molecule has 0 saturated heterocycles. The van der Waals surface area contributed by atoms with Crippen LogP contribution in [0.3, 0.4) is 0 Å². The first-order chi connectivity index (χ1) is 9.51. The summed E-state index contributed by atoms with van der Waals surface area (Å²) in [6, 6.07) is 8.74. The van der Waals surface area contributed by atoms with E-state index in [1.807, 2.05) is 6.07 Å². The number of nitrogens with one attached hydrogen (secondary N) is 1. The van der Waals surface area contributed by atoms with E-state index in [1.165, 1.54) is 0 Å². The van der Waals surface area contributed by atoms with Crippen LogP contribution in [0.4, 0.5) is 14.5 Å². The molecule has 0 saturated carbocycles. The minimum atomic E-state index is -1.01. The smallest absolute Gasteiger partial charge is 0.187 e. The summed E-state index contributed by atoms with van der Waals surface area (Å²) in [5.74, 6) is -3.02. The van der Waals surface area contributed by atoms with Gasteiger partial charge in [0.2, 0.25) is 0 Å². The number of phenols is 1. The monoisotopic (exact) mass is 294 g/mol. The summed E-state index contributed by atoms with van der Waals surface area (Å²) in [6.07, 6.45) is 0. The third-order valence-electron chi connectivity index (χ3n) is 2.66. The van der Waals surface area contributed by atoms with Gasteiger partial charge >= 0.3 is 0 Å². The number of halogens is 3. The molecule has 0 spiro atoms. The fourth-order valence-corrected chi connectivity index (χ4v) is 1.86. The third kappa shape index (κ3) is 2.98. The molecule has 0 fully saturated rings. The van der Waals surface area contributed by atoms with E-state index in [2.05, 4.69) is 5.32 Å². The Balaban J connectivity index is 2.13. The van der Waals surface area contributed by atoms with Crippen LogP contribution in [0, 0.1) is 23.0 Å².